The molecule has 0 aliphatic rings. The number of aromatic nitrogens is 1. The van der Waals surface area contributed by atoms with Gasteiger partial charge in [0.2, 0.25) is 0 Å². The van der Waals surface area contributed by atoms with E-state index in [1.807, 2.05) is 62.4 Å². The van der Waals surface area contributed by atoms with Gasteiger partial charge in [-0.25, -0.2) is 0 Å². The number of carbonyl (C=O) groups excluding carboxylic acids is 1. The molecule has 0 aliphatic carbocycles. The van der Waals surface area contributed by atoms with E-state index < -0.39 is 0 Å². The SMILES string of the molecule is CCCOc1c(Cl)cc(C(=O)N(C)C(c2ccccc2)c2ccccn2)cc1OCC. The topological polar surface area (TPSA) is 51.7 Å². The van der Waals surface area contributed by atoms with Crippen molar-refractivity contribution in [3.05, 3.63) is 88.7 Å². The number of pyridine rings is 1. The molecule has 5 nitrogen and oxygen atoms in total. The van der Waals surface area contributed by atoms with E-state index in [4.69, 9.17) is 21.1 Å². The van der Waals surface area contributed by atoms with Crippen molar-refractivity contribution in [1.82, 2.24) is 9.88 Å². The first kappa shape index (κ1) is 22.6. The van der Waals surface area contributed by atoms with Gasteiger partial charge >= 0.3 is 0 Å². The van der Waals surface area contributed by atoms with Crippen LogP contribution in [0.15, 0.2) is 66.9 Å². The average molecular weight is 439 g/mol. The van der Waals surface area contributed by atoms with Gasteiger partial charge in [-0.15, -0.1) is 0 Å². The van der Waals surface area contributed by atoms with Gasteiger partial charge in [0.25, 0.3) is 5.91 Å². The molecular formula is C25H27ClN2O3. The predicted molar refractivity (Wildman–Crippen MR) is 123 cm³/mol. The second-order valence-electron chi connectivity index (χ2n) is 7.05. The monoisotopic (exact) mass is 438 g/mol. The van der Waals surface area contributed by atoms with Crippen LogP contribution in [0.4, 0.5) is 0 Å². The van der Waals surface area contributed by atoms with Crippen LogP contribution in [0.25, 0.3) is 0 Å². The Morgan fingerprint density at radius 1 is 1.06 bits per heavy atom. The van der Waals surface area contributed by atoms with E-state index in [0.29, 0.717) is 35.3 Å². The van der Waals surface area contributed by atoms with E-state index in [2.05, 4.69) is 4.98 Å². The van der Waals surface area contributed by atoms with E-state index in [1.165, 1.54) is 0 Å². The zero-order valence-electron chi connectivity index (χ0n) is 18.0. The van der Waals surface area contributed by atoms with E-state index in [0.717, 1.165) is 17.7 Å². The maximum absolute atomic E-state index is 13.5. The normalized spacial score (nSPS) is 11.6. The lowest BCUT2D eigenvalue weighted by Crippen LogP contribution is -2.32. The minimum Gasteiger partial charge on any atom is -0.490 e. The number of hydrogen-bond donors (Lipinski definition) is 0. The van der Waals surface area contributed by atoms with Gasteiger partial charge in [-0.05, 0) is 43.2 Å². The number of rotatable bonds is 9. The van der Waals surface area contributed by atoms with Gasteiger partial charge in [-0.1, -0.05) is 54.9 Å². The molecule has 162 valence electrons. The molecule has 0 saturated carbocycles. The van der Waals surface area contributed by atoms with Crippen LogP contribution in [-0.2, 0) is 0 Å². The fourth-order valence-electron chi connectivity index (χ4n) is 3.39. The molecule has 6 heteroatoms. The summed E-state index contributed by atoms with van der Waals surface area (Å²) in [7, 11) is 1.77. The molecule has 31 heavy (non-hydrogen) atoms. The summed E-state index contributed by atoms with van der Waals surface area (Å²) in [6, 6.07) is 18.5. The standard InChI is InChI=1S/C25H27ClN2O3/c1-4-15-31-24-20(26)16-19(17-22(24)30-5-2)25(29)28(3)23(18-11-7-6-8-12-18)21-13-9-10-14-27-21/h6-14,16-17,23H,4-5,15H2,1-3H3. The molecule has 0 spiro atoms. The third-order valence-electron chi connectivity index (χ3n) is 4.80. The Hall–Kier alpha value is -3.05. The number of ether oxygens (including phenoxy) is 2. The molecule has 0 fully saturated rings. The molecule has 1 unspecified atom stereocenters. The van der Waals surface area contributed by atoms with Crippen LogP contribution in [0.2, 0.25) is 5.02 Å². The molecule has 0 radical (unpaired) electrons. The van der Waals surface area contributed by atoms with Crippen molar-refractivity contribution in [3.63, 3.8) is 0 Å². The zero-order valence-corrected chi connectivity index (χ0v) is 18.8. The molecule has 3 aromatic rings. The smallest absolute Gasteiger partial charge is 0.254 e. The molecule has 2 aromatic carbocycles. The second-order valence-corrected chi connectivity index (χ2v) is 7.46. The Morgan fingerprint density at radius 2 is 1.81 bits per heavy atom. The third kappa shape index (κ3) is 5.36. The van der Waals surface area contributed by atoms with Gasteiger partial charge in [0.05, 0.1) is 30.0 Å². The highest BCUT2D eigenvalue weighted by atomic mass is 35.5. The van der Waals surface area contributed by atoms with Crippen LogP contribution in [0.5, 0.6) is 11.5 Å². The van der Waals surface area contributed by atoms with E-state index in [-0.39, 0.29) is 11.9 Å². The van der Waals surface area contributed by atoms with Gasteiger partial charge in [-0.3, -0.25) is 9.78 Å². The van der Waals surface area contributed by atoms with Crippen molar-refractivity contribution < 1.29 is 14.3 Å². The molecule has 3 rings (SSSR count). The van der Waals surface area contributed by atoms with E-state index >= 15 is 0 Å². The van der Waals surface area contributed by atoms with E-state index in [1.54, 1.807) is 30.3 Å². The van der Waals surface area contributed by atoms with Crippen molar-refractivity contribution >= 4 is 17.5 Å². The van der Waals surface area contributed by atoms with Crippen LogP contribution in [0.3, 0.4) is 0 Å². The first-order chi connectivity index (χ1) is 15.1. The van der Waals surface area contributed by atoms with Crippen molar-refractivity contribution in [2.24, 2.45) is 0 Å². The average Bonchev–Trinajstić information content (AvgIpc) is 2.79. The van der Waals surface area contributed by atoms with Gasteiger partial charge in [0.15, 0.2) is 11.5 Å². The van der Waals surface area contributed by atoms with Crippen molar-refractivity contribution in [1.29, 1.82) is 0 Å². The lowest BCUT2D eigenvalue weighted by Gasteiger charge is -2.29. The molecule has 0 aliphatic heterocycles. The summed E-state index contributed by atoms with van der Waals surface area (Å²) in [5.41, 5.74) is 2.18. The quantitative estimate of drug-likeness (QED) is 0.424. The number of halogens is 1. The highest BCUT2D eigenvalue weighted by molar-refractivity contribution is 6.32. The molecule has 1 atom stereocenters. The van der Waals surface area contributed by atoms with Gasteiger partial charge in [0.1, 0.15) is 0 Å². The first-order valence-corrected chi connectivity index (χ1v) is 10.8. The predicted octanol–water partition coefficient (Wildman–Crippen LogP) is 5.78. The summed E-state index contributed by atoms with van der Waals surface area (Å²) in [6.07, 6.45) is 2.57. The summed E-state index contributed by atoms with van der Waals surface area (Å²) in [4.78, 5) is 19.7. The number of hydrogen-bond acceptors (Lipinski definition) is 4. The Bertz CT molecular complexity index is 957. The summed E-state index contributed by atoms with van der Waals surface area (Å²) < 4.78 is 11.5. The highest BCUT2D eigenvalue weighted by Gasteiger charge is 2.27. The van der Waals surface area contributed by atoms with Crippen molar-refractivity contribution in [3.8, 4) is 11.5 Å². The lowest BCUT2D eigenvalue weighted by atomic mass is 10.0. The molecule has 1 amide bonds. The fourth-order valence-corrected chi connectivity index (χ4v) is 3.65. The second kappa shape index (κ2) is 10.8. The summed E-state index contributed by atoms with van der Waals surface area (Å²) in [6.45, 7) is 4.85. The van der Waals surface area contributed by atoms with Crippen LogP contribution in [-0.4, -0.2) is 36.1 Å². The first-order valence-electron chi connectivity index (χ1n) is 10.4. The van der Waals surface area contributed by atoms with E-state index in [9.17, 15) is 4.79 Å². The fraction of sp³-hybridized carbons (Fsp3) is 0.280. The maximum Gasteiger partial charge on any atom is 0.254 e. The zero-order chi connectivity index (χ0) is 22.2. The van der Waals surface area contributed by atoms with Crippen molar-refractivity contribution in [2.45, 2.75) is 26.3 Å². The van der Waals surface area contributed by atoms with Gasteiger partial charge in [-0.2, -0.15) is 0 Å². The maximum atomic E-state index is 13.5. The third-order valence-corrected chi connectivity index (χ3v) is 5.08. The Kier molecular flexibility index (Phi) is 7.90. The highest BCUT2D eigenvalue weighted by Crippen LogP contribution is 2.38. The minimum absolute atomic E-state index is 0.190. The van der Waals surface area contributed by atoms with Crippen LogP contribution in [0.1, 0.15) is 47.9 Å². The largest absolute Gasteiger partial charge is 0.490 e. The summed E-state index contributed by atoms with van der Waals surface area (Å²) >= 11 is 6.48. The molecule has 0 bridgehead atoms. The minimum atomic E-state index is -0.347. The molecule has 1 heterocycles. The van der Waals surface area contributed by atoms with Crippen LogP contribution < -0.4 is 9.47 Å². The van der Waals surface area contributed by atoms with Crippen molar-refractivity contribution in [2.75, 3.05) is 20.3 Å². The number of benzene rings is 2. The Morgan fingerprint density at radius 3 is 2.45 bits per heavy atom. The Labute approximate surface area is 188 Å². The van der Waals surface area contributed by atoms with Crippen LogP contribution in [0, 0.1) is 0 Å². The number of nitrogens with zero attached hydrogens (tertiary/aromatic N) is 2. The summed E-state index contributed by atoms with van der Waals surface area (Å²) in [5, 5.41) is 0.352. The number of carbonyl (C=O) groups is 1. The van der Waals surface area contributed by atoms with Gasteiger partial charge < -0.3 is 14.4 Å². The van der Waals surface area contributed by atoms with Crippen LogP contribution >= 0.6 is 11.6 Å². The molecular weight excluding hydrogens is 412 g/mol. The molecule has 0 saturated heterocycles. The van der Waals surface area contributed by atoms with Gasteiger partial charge in [0, 0.05) is 18.8 Å². The number of amides is 1. The summed E-state index contributed by atoms with van der Waals surface area (Å²) in [5.74, 6) is 0.743. The Balaban J connectivity index is 1.99. The molecule has 0 N–H and O–H groups in total. The molecule has 1 aromatic heterocycles. The lowest BCUT2D eigenvalue weighted by molar-refractivity contribution is 0.0752.